The van der Waals surface area contributed by atoms with E-state index in [0.29, 0.717) is 6.04 Å². The molecule has 0 aliphatic heterocycles. The monoisotopic (exact) mass is 227 g/mol. The maximum Gasteiger partial charge on any atom is 0.00694 e. The summed E-state index contributed by atoms with van der Waals surface area (Å²) in [5.74, 6) is 2.49. The van der Waals surface area contributed by atoms with Crippen molar-refractivity contribution in [2.24, 2.45) is 17.8 Å². The normalized spacial score (nSPS) is 15.8. The fourth-order valence-corrected chi connectivity index (χ4v) is 2.45. The first kappa shape index (κ1) is 16.0. The predicted octanol–water partition coefficient (Wildman–Crippen LogP) is 4.47. The number of hydrogen-bond acceptors (Lipinski definition) is 1. The Morgan fingerprint density at radius 2 is 1.56 bits per heavy atom. The highest BCUT2D eigenvalue weighted by Crippen LogP contribution is 2.23. The summed E-state index contributed by atoms with van der Waals surface area (Å²) in [6.45, 7) is 15.1. The standard InChI is InChI=1S/C15H33N/c1-7-11-16-14(6)15(13(4)5)10-8-9-12(2)3/h12-16H,7-11H2,1-6H3. The van der Waals surface area contributed by atoms with Crippen molar-refractivity contribution in [2.75, 3.05) is 6.54 Å². The van der Waals surface area contributed by atoms with Crippen LogP contribution in [0.3, 0.4) is 0 Å². The molecule has 1 nitrogen and oxygen atoms in total. The van der Waals surface area contributed by atoms with E-state index in [9.17, 15) is 0 Å². The highest BCUT2D eigenvalue weighted by molar-refractivity contribution is 4.75. The van der Waals surface area contributed by atoms with Gasteiger partial charge in [-0.25, -0.2) is 0 Å². The summed E-state index contributed by atoms with van der Waals surface area (Å²) in [5, 5.41) is 3.65. The zero-order valence-corrected chi connectivity index (χ0v) is 12.3. The summed E-state index contributed by atoms with van der Waals surface area (Å²) in [6, 6.07) is 0.673. The highest BCUT2D eigenvalue weighted by atomic mass is 14.9. The van der Waals surface area contributed by atoms with E-state index in [1.807, 2.05) is 0 Å². The van der Waals surface area contributed by atoms with Crippen LogP contribution in [0.2, 0.25) is 0 Å². The van der Waals surface area contributed by atoms with Crippen LogP contribution in [0.15, 0.2) is 0 Å². The molecule has 0 bridgehead atoms. The maximum atomic E-state index is 3.65. The van der Waals surface area contributed by atoms with Gasteiger partial charge in [-0.1, -0.05) is 47.5 Å². The first-order valence-corrected chi connectivity index (χ1v) is 7.22. The minimum absolute atomic E-state index is 0.673. The van der Waals surface area contributed by atoms with Crippen molar-refractivity contribution in [3.63, 3.8) is 0 Å². The first-order chi connectivity index (χ1) is 7.49. The van der Waals surface area contributed by atoms with Crippen molar-refractivity contribution in [1.29, 1.82) is 0 Å². The third kappa shape index (κ3) is 7.27. The molecule has 1 N–H and O–H groups in total. The molecule has 0 aromatic heterocycles. The molecule has 0 saturated heterocycles. The molecule has 0 spiro atoms. The predicted molar refractivity (Wildman–Crippen MR) is 74.8 cm³/mol. The molecule has 0 aliphatic rings. The largest absolute Gasteiger partial charge is 0.314 e. The van der Waals surface area contributed by atoms with Gasteiger partial charge in [-0.3, -0.25) is 0 Å². The first-order valence-electron chi connectivity index (χ1n) is 7.22. The molecule has 0 saturated carbocycles. The van der Waals surface area contributed by atoms with E-state index < -0.39 is 0 Å². The average molecular weight is 227 g/mol. The second kappa shape index (κ2) is 9.04. The second-order valence-corrected chi connectivity index (χ2v) is 5.98. The van der Waals surface area contributed by atoms with Gasteiger partial charge in [0.1, 0.15) is 0 Å². The topological polar surface area (TPSA) is 12.0 Å². The van der Waals surface area contributed by atoms with Crippen LogP contribution in [-0.2, 0) is 0 Å². The van der Waals surface area contributed by atoms with Crippen LogP contribution in [0.4, 0.5) is 0 Å². The van der Waals surface area contributed by atoms with Crippen molar-refractivity contribution in [3.05, 3.63) is 0 Å². The van der Waals surface area contributed by atoms with Crippen LogP contribution in [0.5, 0.6) is 0 Å². The quantitative estimate of drug-likeness (QED) is 0.612. The summed E-state index contributed by atoms with van der Waals surface area (Å²) in [6.07, 6.45) is 5.39. The van der Waals surface area contributed by atoms with E-state index in [4.69, 9.17) is 0 Å². The molecule has 0 aromatic carbocycles. The Hall–Kier alpha value is -0.0400. The van der Waals surface area contributed by atoms with Gasteiger partial charge < -0.3 is 5.32 Å². The smallest absolute Gasteiger partial charge is 0.00694 e. The Kier molecular flexibility index (Phi) is 9.02. The van der Waals surface area contributed by atoms with Crippen molar-refractivity contribution in [1.82, 2.24) is 5.32 Å². The van der Waals surface area contributed by atoms with Crippen molar-refractivity contribution in [3.8, 4) is 0 Å². The summed E-state index contributed by atoms with van der Waals surface area (Å²) in [5.41, 5.74) is 0. The van der Waals surface area contributed by atoms with E-state index in [0.717, 1.165) is 24.3 Å². The molecule has 16 heavy (non-hydrogen) atoms. The van der Waals surface area contributed by atoms with E-state index in [2.05, 4.69) is 46.9 Å². The van der Waals surface area contributed by atoms with E-state index >= 15 is 0 Å². The third-order valence-electron chi connectivity index (χ3n) is 3.53. The molecule has 0 amide bonds. The summed E-state index contributed by atoms with van der Waals surface area (Å²) in [4.78, 5) is 0. The van der Waals surface area contributed by atoms with Crippen LogP contribution in [0.1, 0.15) is 67.2 Å². The Bertz CT molecular complexity index is 152. The number of hydrogen-bond donors (Lipinski definition) is 1. The zero-order chi connectivity index (χ0) is 12.6. The van der Waals surface area contributed by atoms with E-state index in [1.54, 1.807) is 0 Å². The van der Waals surface area contributed by atoms with E-state index in [-0.39, 0.29) is 0 Å². The maximum absolute atomic E-state index is 3.65. The molecular formula is C15H33N. The molecular weight excluding hydrogens is 194 g/mol. The lowest BCUT2D eigenvalue weighted by molar-refractivity contribution is 0.262. The molecule has 0 aromatic rings. The van der Waals surface area contributed by atoms with Gasteiger partial charge in [0.2, 0.25) is 0 Å². The summed E-state index contributed by atoms with van der Waals surface area (Å²) in [7, 11) is 0. The van der Waals surface area contributed by atoms with Gasteiger partial charge in [-0.2, -0.15) is 0 Å². The number of nitrogens with one attached hydrogen (secondary N) is 1. The van der Waals surface area contributed by atoms with Crippen LogP contribution in [0, 0.1) is 17.8 Å². The van der Waals surface area contributed by atoms with Gasteiger partial charge >= 0.3 is 0 Å². The van der Waals surface area contributed by atoms with Gasteiger partial charge in [-0.15, -0.1) is 0 Å². The SMILES string of the molecule is CCCNC(C)C(CCCC(C)C)C(C)C. The minimum atomic E-state index is 0.673. The molecule has 0 fully saturated rings. The zero-order valence-electron chi connectivity index (χ0n) is 12.3. The van der Waals surface area contributed by atoms with Gasteiger partial charge in [-0.05, 0) is 44.1 Å². The molecule has 98 valence electrons. The molecule has 0 rings (SSSR count). The second-order valence-electron chi connectivity index (χ2n) is 5.98. The van der Waals surface area contributed by atoms with Crippen LogP contribution < -0.4 is 5.32 Å². The highest BCUT2D eigenvalue weighted by Gasteiger charge is 2.19. The van der Waals surface area contributed by atoms with E-state index in [1.165, 1.54) is 25.7 Å². The fourth-order valence-electron chi connectivity index (χ4n) is 2.45. The van der Waals surface area contributed by atoms with Gasteiger partial charge in [0.05, 0.1) is 0 Å². The van der Waals surface area contributed by atoms with Crippen molar-refractivity contribution in [2.45, 2.75) is 73.3 Å². The van der Waals surface area contributed by atoms with Gasteiger partial charge in [0, 0.05) is 6.04 Å². The average Bonchev–Trinajstić information content (AvgIpc) is 2.20. The molecule has 2 atom stereocenters. The Labute approximate surface area is 103 Å². The van der Waals surface area contributed by atoms with Crippen LogP contribution in [-0.4, -0.2) is 12.6 Å². The van der Waals surface area contributed by atoms with Crippen LogP contribution in [0.25, 0.3) is 0 Å². The molecule has 0 radical (unpaired) electrons. The lowest BCUT2D eigenvalue weighted by Gasteiger charge is -2.28. The minimum Gasteiger partial charge on any atom is -0.314 e. The molecule has 1 heteroatoms. The van der Waals surface area contributed by atoms with Crippen LogP contribution >= 0.6 is 0 Å². The van der Waals surface area contributed by atoms with Gasteiger partial charge in [0.25, 0.3) is 0 Å². The van der Waals surface area contributed by atoms with Gasteiger partial charge in [0.15, 0.2) is 0 Å². The Morgan fingerprint density at radius 1 is 0.938 bits per heavy atom. The third-order valence-corrected chi connectivity index (χ3v) is 3.53. The summed E-state index contributed by atoms with van der Waals surface area (Å²) >= 11 is 0. The Morgan fingerprint density at radius 3 is 2.00 bits per heavy atom. The fraction of sp³-hybridized carbons (Fsp3) is 1.00. The molecule has 0 heterocycles. The summed E-state index contributed by atoms with van der Waals surface area (Å²) < 4.78 is 0. The molecule has 2 unspecified atom stereocenters. The molecule has 0 aliphatic carbocycles. The van der Waals surface area contributed by atoms with Crippen molar-refractivity contribution < 1.29 is 0 Å². The lowest BCUT2D eigenvalue weighted by Crippen LogP contribution is -2.36. The number of rotatable bonds is 9. The lowest BCUT2D eigenvalue weighted by atomic mass is 9.84. The Balaban J connectivity index is 3.95. The van der Waals surface area contributed by atoms with Crippen molar-refractivity contribution >= 4 is 0 Å².